The molecule has 1 aromatic carbocycles. The average molecular weight is 284 g/mol. The van der Waals surface area contributed by atoms with Crippen molar-refractivity contribution < 1.29 is 9.21 Å². The molecular weight excluding hydrogens is 264 g/mol. The molecule has 0 radical (unpaired) electrons. The summed E-state index contributed by atoms with van der Waals surface area (Å²) in [5, 5.41) is 6.21. The highest BCUT2D eigenvalue weighted by atomic mass is 16.3. The maximum Gasteiger partial charge on any atom is 0.234 e. The molecule has 0 aliphatic carbocycles. The Balaban J connectivity index is 2.04. The smallest absolute Gasteiger partial charge is 0.234 e. The van der Waals surface area contributed by atoms with E-state index in [9.17, 15) is 4.79 Å². The van der Waals surface area contributed by atoms with Crippen LogP contribution in [-0.2, 0) is 10.2 Å². The summed E-state index contributed by atoms with van der Waals surface area (Å²) in [7, 11) is 1.91. The molecule has 2 heterocycles. The molecule has 1 aliphatic rings. The van der Waals surface area contributed by atoms with Crippen molar-refractivity contribution in [3.8, 4) is 0 Å². The molecule has 1 atom stereocenters. The van der Waals surface area contributed by atoms with E-state index in [1.807, 2.05) is 52.1 Å². The summed E-state index contributed by atoms with van der Waals surface area (Å²) in [5.74, 6) is 1.82. The van der Waals surface area contributed by atoms with Crippen LogP contribution in [0.3, 0.4) is 0 Å². The number of aryl methyl sites for hydroxylation is 1. The zero-order valence-electron chi connectivity index (χ0n) is 12.8. The second-order valence-electron chi connectivity index (χ2n) is 6.05. The van der Waals surface area contributed by atoms with Gasteiger partial charge in [0.2, 0.25) is 5.91 Å². The summed E-state index contributed by atoms with van der Waals surface area (Å²) >= 11 is 0. The minimum absolute atomic E-state index is 0.0181. The summed E-state index contributed by atoms with van der Waals surface area (Å²) < 4.78 is 5.74. The minimum atomic E-state index is -0.497. The second-order valence-corrected chi connectivity index (χ2v) is 6.05. The highest BCUT2D eigenvalue weighted by molar-refractivity contribution is 6.05. The number of benzene rings is 1. The number of carbonyl (C=O) groups is 1. The van der Waals surface area contributed by atoms with Crippen LogP contribution in [0.5, 0.6) is 0 Å². The summed E-state index contributed by atoms with van der Waals surface area (Å²) in [6.45, 7) is 5.83. The fraction of sp³-hybridized carbons (Fsp3) is 0.353. The Hall–Kier alpha value is -2.07. The standard InChI is InChI=1S/C17H20N2O2/c1-10-5-8-14(21-10)15(18-4)11-6-7-13-12(9-11)17(2,3)16(20)19-13/h5-9,15,18H,1-4H3,(H,19,20). The normalized spacial score (nSPS) is 17.4. The van der Waals surface area contributed by atoms with Gasteiger partial charge in [0.05, 0.1) is 11.5 Å². The number of rotatable bonds is 3. The van der Waals surface area contributed by atoms with Gasteiger partial charge in [-0.15, -0.1) is 0 Å². The van der Waals surface area contributed by atoms with E-state index >= 15 is 0 Å². The highest BCUT2D eigenvalue weighted by Crippen LogP contribution is 2.39. The fourth-order valence-corrected chi connectivity index (χ4v) is 2.85. The van der Waals surface area contributed by atoms with Gasteiger partial charge < -0.3 is 15.1 Å². The Morgan fingerprint density at radius 3 is 2.62 bits per heavy atom. The number of amides is 1. The van der Waals surface area contributed by atoms with Gasteiger partial charge in [-0.05, 0) is 57.1 Å². The quantitative estimate of drug-likeness (QED) is 0.910. The molecule has 4 nitrogen and oxygen atoms in total. The molecule has 2 aromatic rings. The highest BCUT2D eigenvalue weighted by Gasteiger charge is 2.38. The van der Waals surface area contributed by atoms with E-state index < -0.39 is 5.41 Å². The molecule has 1 unspecified atom stereocenters. The molecule has 0 saturated heterocycles. The van der Waals surface area contributed by atoms with Gasteiger partial charge >= 0.3 is 0 Å². The molecule has 0 saturated carbocycles. The first-order chi connectivity index (χ1) is 9.93. The van der Waals surface area contributed by atoms with Crippen LogP contribution >= 0.6 is 0 Å². The lowest BCUT2D eigenvalue weighted by atomic mass is 9.84. The number of nitrogens with one attached hydrogen (secondary N) is 2. The van der Waals surface area contributed by atoms with Gasteiger partial charge in [0.25, 0.3) is 0 Å². The maximum absolute atomic E-state index is 12.0. The topological polar surface area (TPSA) is 54.3 Å². The third kappa shape index (κ3) is 2.16. The zero-order valence-corrected chi connectivity index (χ0v) is 12.8. The third-order valence-electron chi connectivity index (χ3n) is 4.20. The lowest BCUT2D eigenvalue weighted by Gasteiger charge is -2.19. The Morgan fingerprint density at radius 1 is 1.24 bits per heavy atom. The molecule has 110 valence electrons. The molecular formula is C17H20N2O2. The molecule has 1 aliphatic heterocycles. The molecule has 0 spiro atoms. The van der Waals surface area contributed by atoms with Crippen LogP contribution in [-0.4, -0.2) is 13.0 Å². The van der Waals surface area contributed by atoms with Gasteiger partial charge in [-0.1, -0.05) is 12.1 Å². The van der Waals surface area contributed by atoms with Gasteiger partial charge in [0.1, 0.15) is 11.5 Å². The van der Waals surface area contributed by atoms with Gasteiger partial charge in [-0.25, -0.2) is 0 Å². The van der Waals surface area contributed by atoms with Gasteiger partial charge in [-0.2, -0.15) is 0 Å². The minimum Gasteiger partial charge on any atom is -0.464 e. The first-order valence-corrected chi connectivity index (χ1v) is 7.13. The van der Waals surface area contributed by atoms with E-state index in [1.54, 1.807) is 0 Å². The molecule has 1 amide bonds. The van der Waals surface area contributed by atoms with Crippen molar-refractivity contribution in [1.82, 2.24) is 5.32 Å². The van der Waals surface area contributed by atoms with Gasteiger partial charge in [0, 0.05) is 5.69 Å². The number of carbonyl (C=O) groups excluding carboxylic acids is 1. The van der Waals surface area contributed by atoms with Crippen molar-refractivity contribution in [2.45, 2.75) is 32.2 Å². The van der Waals surface area contributed by atoms with Crippen LogP contribution in [0.2, 0.25) is 0 Å². The van der Waals surface area contributed by atoms with Crippen molar-refractivity contribution in [1.29, 1.82) is 0 Å². The van der Waals surface area contributed by atoms with Crippen molar-refractivity contribution in [3.05, 3.63) is 53.0 Å². The molecule has 21 heavy (non-hydrogen) atoms. The summed E-state index contributed by atoms with van der Waals surface area (Å²) in [6, 6.07) is 10.0. The summed E-state index contributed by atoms with van der Waals surface area (Å²) in [4.78, 5) is 12.0. The van der Waals surface area contributed by atoms with E-state index in [0.717, 1.165) is 28.3 Å². The molecule has 2 N–H and O–H groups in total. The summed E-state index contributed by atoms with van der Waals surface area (Å²) in [5.41, 5.74) is 2.53. The van der Waals surface area contributed by atoms with Crippen molar-refractivity contribution in [2.75, 3.05) is 12.4 Å². The van der Waals surface area contributed by atoms with E-state index in [-0.39, 0.29) is 11.9 Å². The van der Waals surface area contributed by atoms with Crippen molar-refractivity contribution in [3.63, 3.8) is 0 Å². The summed E-state index contributed by atoms with van der Waals surface area (Å²) in [6.07, 6.45) is 0. The van der Waals surface area contributed by atoms with Crippen LogP contribution in [0.25, 0.3) is 0 Å². The average Bonchev–Trinajstić information content (AvgIpc) is 2.95. The van der Waals surface area contributed by atoms with Crippen LogP contribution in [0.15, 0.2) is 34.7 Å². The van der Waals surface area contributed by atoms with Gasteiger partial charge in [0.15, 0.2) is 0 Å². The number of fused-ring (bicyclic) bond motifs is 1. The lowest BCUT2D eigenvalue weighted by molar-refractivity contribution is -0.119. The fourth-order valence-electron chi connectivity index (χ4n) is 2.85. The van der Waals surface area contributed by atoms with Crippen LogP contribution in [0.4, 0.5) is 5.69 Å². The van der Waals surface area contributed by atoms with Crippen molar-refractivity contribution in [2.24, 2.45) is 0 Å². The Labute approximate surface area is 124 Å². The van der Waals surface area contributed by atoms with E-state index in [2.05, 4.69) is 16.7 Å². The van der Waals surface area contributed by atoms with Crippen molar-refractivity contribution >= 4 is 11.6 Å². The number of furan rings is 1. The molecule has 3 rings (SSSR count). The number of anilines is 1. The second kappa shape index (κ2) is 4.74. The Bertz CT molecular complexity index is 701. The SMILES string of the molecule is CNC(c1ccc2c(c1)C(C)(C)C(=O)N2)c1ccc(C)o1. The van der Waals surface area contributed by atoms with Crippen LogP contribution < -0.4 is 10.6 Å². The molecule has 0 bridgehead atoms. The monoisotopic (exact) mass is 284 g/mol. The van der Waals surface area contributed by atoms with E-state index in [1.165, 1.54) is 0 Å². The molecule has 4 heteroatoms. The van der Waals surface area contributed by atoms with Crippen LogP contribution in [0, 0.1) is 6.92 Å². The predicted molar refractivity (Wildman–Crippen MR) is 82.4 cm³/mol. The number of hydrogen-bond donors (Lipinski definition) is 2. The molecule has 1 aromatic heterocycles. The predicted octanol–water partition coefficient (Wildman–Crippen LogP) is 3.13. The Kier molecular flexibility index (Phi) is 3.14. The third-order valence-corrected chi connectivity index (χ3v) is 4.20. The maximum atomic E-state index is 12.0. The first-order valence-electron chi connectivity index (χ1n) is 7.13. The number of hydrogen-bond acceptors (Lipinski definition) is 3. The Morgan fingerprint density at radius 2 is 2.00 bits per heavy atom. The zero-order chi connectivity index (χ0) is 15.2. The van der Waals surface area contributed by atoms with Crippen LogP contribution in [0.1, 0.15) is 42.5 Å². The van der Waals surface area contributed by atoms with E-state index in [4.69, 9.17) is 4.42 Å². The van der Waals surface area contributed by atoms with E-state index in [0.29, 0.717) is 0 Å². The van der Waals surface area contributed by atoms with Gasteiger partial charge in [-0.3, -0.25) is 4.79 Å². The first kappa shape index (κ1) is 13.9. The lowest BCUT2D eigenvalue weighted by Crippen LogP contribution is -2.27. The molecule has 0 fully saturated rings. The largest absolute Gasteiger partial charge is 0.464 e.